The first-order valence-electron chi connectivity index (χ1n) is 0. The van der Waals surface area contributed by atoms with Crippen LogP contribution in [0.15, 0.2) is 0 Å². The van der Waals surface area contributed by atoms with Crippen LogP contribution in [-0.4, -0.2) is 43.8 Å². The molecule has 0 fully saturated rings. The zero-order valence-corrected chi connectivity index (χ0v) is 5.64. The fraction of sp³-hybridized carbons (Fsp3) is 0. The molecule has 0 aliphatic heterocycles. The molecule has 0 saturated heterocycles. The van der Waals surface area contributed by atoms with Gasteiger partial charge in [-0.3, -0.25) is 0 Å². The molecule has 8 heavy (non-hydrogen) atoms. The first-order chi connectivity index (χ1) is 0. The fourth-order valence-corrected chi connectivity index (χ4v) is 0. The van der Waals surface area contributed by atoms with Crippen molar-refractivity contribution in [3.63, 3.8) is 0 Å². The van der Waals surface area contributed by atoms with Gasteiger partial charge in [0.1, 0.15) is 0 Å². The maximum atomic E-state index is 0. The van der Waals surface area contributed by atoms with Gasteiger partial charge in [0.05, 0.1) is 0 Å². The largest absolute Gasteiger partial charge is 4.00 e. The smallest absolute Gasteiger partial charge is 0.870 e. The second kappa shape index (κ2) is 1280. The minimum absolute atomic E-state index is 0. The summed E-state index contributed by atoms with van der Waals surface area (Å²) in [5.41, 5.74) is 0. The quantitative estimate of drug-likeness (QED) is 0.417. The van der Waals surface area contributed by atoms with Gasteiger partial charge in [-0.25, -0.2) is 0 Å². The monoisotopic (exact) mass is 186 g/mol. The van der Waals surface area contributed by atoms with Gasteiger partial charge < -0.3 is 32.9 Å². The molecule has 0 spiro atoms. The molecular weight excluding hydrogens is 180 g/mol. The number of hydrogen-bond donors (Lipinski definition) is 0. The summed E-state index contributed by atoms with van der Waals surface area (Å²) in [5.74, 6) is 0. The molecule has 0 rings (SSSR count). The zero-order valence-electron chi connectivity index (χ0n) is 3.54. The van der Waals surface area contributed by atoms with Crippen molar-refractivity contribution in [2.45, 2.75) is 0 Å². The van der Waals surface area contributed by atoms with Crippen LogP contribution in [0.1, 0.15) is 0 Å². The van der Waals surface area contributed by atoms with E-state index in [0.717, 1.165) is 0 Å². The van der Waals surface area contributed by atoms with E-state index < -0.39 is 0 Å². The van der Waals surface area contributed by atoms with E-state index in [2.05, 4.69) is 0 Å². The van der Waals surface area contributed by atoms with Crippen LogP contribution in [0, 0.1) is 0 Å². The normalized spacial score (nSPS) is 0. The zero-order chi connectivity index (χ0) is 0. The summed E-state index contributed by atoms with van der Waals surface area (Å²) in [7, 11) is 0. The molecule has 54 valence electrons. The summed E-state index contributed by atoms with van der Waals surface area (Å²) in [6.45, 7) is 0. The van der Waals surface area contributed by atoms with Gasteiger partial charge in [0.25, 0.3) is 0 Å². The van der Waals surface area contributed by atoms with E-state index in [1.54, 1.807) is 0 Å². The van der Waals surface area contributed by atoms with E-state index in [-0.39, 0.29) is 60.9 Å². The van der Waals surface area contributed by atoms with Crippen molar-refractivity contribution in [1.82, 2.24) is 0 Å². The van der Waals surface area contributed by atoms with Crippen LogP contribution < -0.4 is 0 Å². The first-order valence-corrected chi connectivity index (χ1v) is 0. The molecule has 6 N–H and O–H groups in total. The van der Waals surface area contributed by atoms with E-state index in [4.69, 9.17) is 0 Å². The van der Waals surface area contributed by atoms with Crippen LogP contribution in [0.5, 0.6) is 0 Å². The van der Waals surface area contributed by atoms with Gasteiger partial charge in [-0.15, -0.1) is 0 Å². The third-order valence-electron chi connectivity index (χ3n) is 0. The van der Waals surface area contributed by atoms with Crippen LogP contribution in [-0.2, 0) is 17.1 Å². The van der Waals surface area contributed by atoms with Gasteiger partial charge in [-0.1, -0.05) is 0 Å². The molecule has 0 heterocycles. The first kappa shape index (κ1) is 1940. The van der Waals surface area contributed by atoms with E-state index >= 15 is 0 Å². The molecule has 0 saturated carbocycles. The Balaban J connectivity index is 0. The van der Waals surface area contributed by atoms with Crippen LogP contribution >= 0.6 is 0 Å². The molecule has 0 unspecified atom stereocenters. The Kier molecular flexibility index (Phi) is 311000. The van der Waals surface area contributed by atoms with Crippen molar-refractivity contribution < 1.29 is 49.9 Å². The predicted molar refractivity (Wildman–Crippen MR) is 17.4 cm³/mol. The maximum Gasteiger partial charge on any atom is 4.00 e. The third kappa shape index (κ3) is 797. The summed E-state index contributed by atoms with van der Waals surface area (Å²) in [6, 6.07) is 0. The molecule has 0 aromatic carbocycles. The van der Waals surface area contributed by atoms with Gasteiger partial charge in [0.15, 0.2) is 0 Å². The number of rotatable bonds is 0. The molecule has 0 aromatic heterocycles. The van der Waals surface area contributed by atoms with Crippen molar-refractivity contribution >= 4 is 11.0 Å². The summed E-state index contributed by atoms with van der Waals surface area (Å²) in [4.78, 5) is 0. The fourth-order valence-electron chi connectivity index (χ4n) is 0. The molecule has 0 bridgehead atoms. The Morgan fingerprint density at radius 3 is 0.375 bits per heavy atom. The van der Waals surface area contributed by atoms with Crippen LogP contribution in [0.3, 0.4) is 0 Å². The topological polar surface area (TPSA) is 180 Å². The van der Waals surface area contributed by atoms with E-state index in [1.807, 2.05) is 0 Å². The van der Waals surface area contributed by atoms with Gasteiger partial charge in [0.2, 0.25) is 0 Å². The standard InChI is InChI=1S/Fe.6H2O.Si/h;6*1H2;/q+2;;;;;;;+4/p-6. The van der Waals surface area contributed by atoms with Gasteiger partial charge in [-0.05, 0) is 0 Å². The average Bonchev–Trinajstić information content (AvgIpc) is 0. The maximum absolute atomic E-state index is 0. The molecular formula is H6FeO6Si. The summed E-state index contributed by atoms with van der Waals surface area (Å²) >= 11 is 0. The molecule has 0 amide bonds. The average molecular weight is 186 g/mol. The molecule has 6 nitrogen and oxygen atoms in total. The van der Waals surface area contributed by atoms with Crippen molar-refractivity contribution in [2.24, 2.45) is 0 Å². The predicted octanol–water partition coefficient (Wildman–Crippen LogP) is -1.44. The number of hydrogen-bond acceptors (Lipinski definition) is 6. The Bertz CT molecular complexity index is 8.49. The minimum atomic E-state index is 0. The molecule has 0 aliphatic rings. The molecule has 0 aliphatic carbocycles. The Hall–Kier alpha value is 0.496. The summed E-state index contributed by atoms with van der Waals surface area (Å²) in [6.07, 6.45) is 0. The second-order valence-corrected chi connectivity index (χ2v) is 0. The van der Waals surface area contributed by atoms with E-state index in [1.165, 1.54) is 0 Å². The van der Waals surface area contributed by atoms with Crippen molar-refractivity contribution in [3.8, 4) is 0 Å². The molecule has 0 atom stereocenters. The van der Waals surface area contributed by atoms with Crippen LogP contribution in [0.4, 0.5) is 0 Å². The summed E-state index contributed by atoms with van der Waals surface area (Å²) in [5, 5.41) is 0. The molecule has 0 radical (unpaired) electrons. The Morgan fingerprint density at radius 2 is 0.375 bits per heavy atom. The van der Waals surface area contributed by atoms with E-state index in [0.29, 0.717) is 0 Å². The SMILES string of the molecule is [Fe+2].[OH-].[OH-].[OH-].[OH-].[OH-].[OH-].[Si+4]. The summed E-state index contributed by atoms with van der Waals surface area (Å²) < 4.78 is 0. The van der Waals surface area contributed by atoms with Gasteiger partial charge >= 0.3 is 28.0 Å². The van der Waals surface area contributed by atoms with Crippen molar-refractivity contribution in [2.75, 3.05) is 0 Å². The van der Waals surface area contributed by atoms with Crippen LogP contribution in [0.2, 0.25) is 0 Å². The Labute approximate surface area is 61.6 Å². The van der Waals surface area contributed by atoms with Crippen LogP contribution in [0.25, 0.3) is 0 Å². The second-order valence-electron chi connectivity index (χ2n) is 0. The molecule has 0 aromatic rings. The van der Waals surface area contributed by atoms with Crippen molar-refractivity contribution in [3.05, 3.63) is 0 Å². The van der Waals surface area contributed by atoms with Gasteiger partial charge in [-0.2, -0.15) is 0 Å². The van der Waals surface area contributed by atoms with Crippen molar-refractivity contribution in [1.29, 1.82) is 0 Å². The molecule has 8 heteroatoms. The Morgan fingerprint density at radius 1 is 0.375 bits per heavy atom. The third-order valence-corrected chi connectivity index (χ3v) is 0. The minimum Gasteiger partial charge on any atom is -0.870 e. The van der Waals surface area contributed by atoms with E-state index in [9.17, 15) is 0 Å². The van der Waals surface area contributed by atoms with Gasteiger partial charge in [0, 0.05) is 0 Å².